The van der Waals surface area contributed by atoms with Gasteiger partial charge in [-0.2, -0.15) is 11.8 Å². The van der Waals surface area contributed by atoms with E-state index in [-0.39, 0.29) is 0 Å². The summed E-state index contributed by atoms with van der Waals surface area (Å²) in [5, 5.41) is 0.738. The lowest BCUT2D eigenvalue weighted by atomic mass is 10.3. The zero-order chi connectivity index (χ0) is 10.7. The summed E-state index contributed by atoms with van der Waals surface area (Å²) < 4.78 is 1.09. The van der Waals surface area contributed by atoms with Gasteiger partial charge in [-0.05, 0) is 29.0 Å². The predicted octanol–water partition coefficient (Wildman–Crippen LogP) is 2.41. The molecule has 15 heavy (non-hydrogen) atoms. The van der Waals surface area contributed by atoms with Crippen LogP contribution in [0.3, 0.4) is 0 Å². The minimum absolute atomic E-state index is 0.738. The Morgan fingerprint density at radius 3 is 2.93 bits per heavy atom. The molecular formula is C10H14IN3S. The molecule has 1 atom stereocenters. The second-order valence-electron chi connectivity index (χ2n) is 3.55. The average molecular weight is 335 g/mol. The topological polar surface area (TPSA) is 29.0 Å². The number of rotatable bonds is 2. The summed E-state index contributed by atoms with van der Waals surface area (Å²) in [6, 6.07) is 0. The van der Waals surface area contributed by atoms with Crippen LogP contribution in [0.25, 0.3) is 0 Å². The van der Waals surface area contributed by atoms with E-state index < -0.39 is 0 Å². The van der Waals surface area contributed by atoms with Gasteiger partial charge >= 0.3 is 0 Å². The summed E-state index contributed by atoms with van der Waals surface area (Å²) in [7, 11) is 0. The van der Waals surface area contributed by atoms with Crippen molar-refractivity contribution >= 4 is 40.3 Å². The Hall–Kier alpha value is -0.0400. The molecule has 1 aliphatic heterocycles. The molecule has 1 aliphatic rings. The van der Waals surface area contributed by atoms with Crippen molar-refractivity contribution in [2.75, 3.05) is 23.7 Å². The molecule has 1 saturated heterocycles. The van der Waals surface area contributed by atoms with Crippen LogP contribution < -0.4 is 4.90 Å². The molecule has 0 spiro atoms. The molecule has 0 saturated carbocycles. The maximum Gasteiger partial charge on any atom is 0.225 e. The lowest BCUT2D eigenvalue weighted by Crippen LogP contribution is -2.38. The largest absolute Gasteiger partial charge is 0.339 e. The molecule has 3 nitrogen and oxygen atoms in total. The molecule has 1 aromatic rings. The van der Waals surface area contributed by atoms with Gasteiger partial charge in [-0.15, -0.1) is 0 Å². The Bertz CT molecular complexity index is 317. The van der Waals surface area contributed by atoms with E-state index in [1.807, 2.05) is 12.4 Å². The number of hydrogen-bond donors (Lipinski definition) is 0. The van der Waals surface area contributed by atoms with Gasteiger partial charge in [-0.1, -0.05) is 6.92 Å². The molecule has 1 fully saturated rings. The maximum atomic E-state index is 4.37. The zero-order valence-electron chi connectivity index (χ0n) is 8.69. The Morgan fingerprint density at radius 2 is 2.27 bits per heavy atom. The minimum Gasteiger partial charge on any atom is -0.339 e. The number of nitrogens with zero attached hydrogens (tertiary/aromatic N) is 3. The molecule has 0 amide bonds. The Balaban J connectivity index is 2.06. The van der Waals surface area contributed by atoms with Crippen LogP contribution >= 0.6 is 34.4 Å². The van der Waals surface area contributed by atoms with Crippen molar-refractivity contribution in [2.24, 2.45) is 0 Å². The Labute approximate surface area is 108 Å². The molecule has 1 unspecified atom stereocenters. The number of anilines is 1. The van der Waals surface area contributed by atoms with Gasteiger partial charge in [0.2, 0.25) is 5.95 Å². The van der Waals surface area contributed by atoms with E-state index in [1.165, 1.54) is 12.2 Å². The highest BCUT2D eigenvalue weighted by Gasteiger charge is 2.20. The molecular weight excluding hydrogens is 321 g/mol. The van der Waals surface area contributed by atoms with Crippen LogP contribution in [0.1, 0.15) is 13.3 Å². The second-order valence-corrected chi connectivity index (χ2v) is 6.20. The summed E-state index contributed by atoms with van der Waals surface area (Å²) in [6.45, 7) is 4.40. The van der Waals surface area contributed by atoms with Gasteiger partial charge in [-0.3, -0.25) is 0 Å². The van der Waals surface area contributed by atoms with Gasteiger partial charge in [-0.25, -0.2) is 9.97 Å². The molecule has 0 N–H and O–H groups in total. The van der Waals surface area contributed by atoms with E-state index in [4.69, 9.17) is 0 Å². The summed E-state index contributed by atoms with van der Waals surface area (Å²) in [6.07, 6.45) is 4.99. The number of aromatic nitrogens is 2. The molecule has 1 aromatic heterocycles. The molecule has 0 aromatic carbocycles. The van der Waals surface area contributed by atoms with E-state index >= 15 is 0 Å². The Kier molecular flexibility index (Phi) is 4.07. The van der Waals surface area contributed by atoms with Crippen molar-refractivity contribution in [1.82, 2.24) is 9.97 Å². The van der Waals surface area contributed by atoms with Crippen molar-refractivity contribution < 1.29 is 0 Å². The lowest BCUT2D eigenvalue weighted by molar-refractivity contribution is 0.709. The summed E-state index contributed by atoms with van der Waals surface area (Å²) in [5.41, 5.74) is 0. The molecule has 0 bridgehead atoms. The summed E-state index contributed by atoms with van der Waals surface area (Å²) >= 11 is 4.30. The SMILES string of the molecule is CCC1CN(c2ncc(I)cn2)CCS1. The third kappa shape index (κ3) is 2.96. The van der Waals surface area contributed by atoms with Crippen LogP contribution in [0.15, 0.2) is 12.4 Å². The molecule has 0 aliphatic carbocycles. The minimum atomic E-state index is 0.738. The number of thioether (sulfide) groups is 1. The van der Waals surface area contributed by atoms with Gasteiger partial charge in [0.05, 0.1) is 0 Å². The first-order valence-corrected chi connectivity index (χ1v) is 7.26. The normalized spacial score (nSPS) is 21.7. The highest BCUT2D eigenvalue weighted by atomic mass is 127. The lowest BCUT2D eigenvalue weighted by Gasteiger charge is -2.31. The highest BCUT2D eigenvalue weighted by Crippen LogP contribution is 2.23. The van der Waals surface area contributed by atoms with Crippen molar-refractivity contribution in [3.8, 4) is 0 Å². The van der Waals surface area contributed by atoms with E-state index in [9.17, 15) is 0 Å². The standard InChI is InChI=1S/C10H14IN3S/c1-2-9-7-14(3-4-15-9)10-12-5-8(11)6-13-10/h5-6,9H,2-4,7H2,1H3. The van der Waals surface area contributed by atoms with E-state index in [0.29, 0.717) is 0 Å². The maximum absolute atomic E-state index is 4.37. The summed E-state index contributed by atoms with van der Waals surface area (Å²) in [5.74, 6) is 2.07. The summed E-state index contributed by atoms with van der Waals surface area (Å²) in [4.78, 5) is 11.0. The van der Waals surface area contributed by atoms with Crippen molar-refractivity contribution in [3.63, 3.8) is 0 Å². The first-order valence-electron chi connectivity index (χ1n) is 5.13. The van der Waals surface area contributed by atoms with E-state index in [2.05, 4.69) is 56.1 Å². The van der Waals surface area contributed by atoms with E-state index in [0.717, 1.165) is 27.9 Å². The zero-order valence-corrected chi connectivity index (χ0v) is 11.7. The van der Waals surface area contributed by atoms with Gasteiger partial charge in [0.1, 0.15) is 0 Å². The van der Waals surface area contributed by atoms with Crippen molar-refractivity contribution in [3.05, 3.63) is 16.0 Å². The third-order valence-electron chi connectivity index (χ3n) is 2.48. The first-order chi connectivity index (χ1) is 7.29. The molecule has 2 heterocycles. The van der Waals surface area contributed by atoms with Crippen LogP contribution in [0.5, 0.6) is 0 Å². The third-order valence-corrected chi connectivity index (χ3v) is 4.41. The van der Waals surface area contributed by atoms with Crippen LogP contribution in [0, 0.1) is 3.57 Å². The van der Waals surface area contributed by atoms with E-state index in [1.54, 1.807) is 0 Å². The highest BCUT2D eigenvalue weighted by molar-refractivity contribution is 14.1. The number of hydrogen-bond acceptors (Lipinski definition) is 4. The molecule has 2 rings (SSSR count). The van der Waals surface area contributed by atoms with Crippen LogP contribution in [-0.2, 0) is 0 Å². The second kappa shape index (κ2) is 5.34. The van der Waals surface area contributed by atoms with Crippen LogP contribution in [-0.4, -0.2) is 34.1 Å². The fourth-order valence-electron chi connectivity index (χ4n) is 1.62. The fraction of sp³-hybridized carbons (Fsp3) is 0.600. The quantitative estimate of drug-likeness (QED) is 0.777. The van der Waals surface area contributed by atoms with Crippen LogP contribution in [0.2, 0.25) is 0 Å². The molecule has 5 heteroatoms. The molecule has 0 radical (unpaired) electrons. The van der Waals surface area contributed by atoms with Crippen LogP contribution in [0.4, 0.5) is 5.95 Å². The Morgan fingerprint density at radius 1 is 1.53 bits per heavy atom. The van der Waals surface area contributed by atoms with Crippen molar-refractivity contribution in [1.29, 1.82) is 0 Å². The smallest absolute Gasteiger partial charge is 0.225 e. The molecule has 82 valence electrons. The average Bonchev–Trinajstić information content (AvgIpc) is 2.30. The van der Waals surface area contributed by atoms with Gasteiger partial charge in [0.25, 0.3) is 0 Å². The predicted molar refractivity (Wildman–Crippen MR) is 73.5 cm³/mol. The monoisotopic (exact) mass is 335 g/mol. The van der Waals surface area contributed by atoms with Gasteiger partial charge in [0.15, 0.2) is 0 Å². The van der Waals surface area contributed by atoms with Crippen molar-refractivity contribution in [2.45, 2.75) is 18.6 Å². The number of halogens is 1. The fourth-order valence-corrected chi connectivity index (χ4v) is 3.08. The van der Waals surface area contributed by atoms with Gasteiger partial charge in [0, 0.05) is 40.1 Å². The first kappa shape index (κ1) is 11.4. The van der Waals surface area contributed by atoms with Gasteiger partial charge < -0.3 is 4.90 Å².